The summed E-state index contributed by atoms with van der Waals surface area (Å²) in [7, 11) is 0. The van der Waals surface area contributed by atoms with Crippen LogP contribution in [0.3, 0.4) is 0 Å². The fourth-order valence-corrected chi connectivity index (χ4v) is 8.89. The quantitative estimate of drug-likeness (QED) is 0.0406. The topological polar surface area (TPSA) is 115 Å². The first-order valence-electron chi connectivity index (χ1n) is 22.8. The molecule has 2 saturated carbocycles. The Labute approximate surface area is 366 Å². The molecule has 0 amide bonds. The van der Waals surface area contributed by atoms with E-state index in [9.17, 15) is 9.59 Å². The van der Waals surface area contributed by atoms with Gasteiger partial charge in [-0.25, -0.2) is 9.59 Å². The molecule has 2 aliphatic carbocycles. The highest BCUT2D eigenvalue weighted by atomic mass is 16.6. The van der Waals surface area contributed by atoms with Gasteiger partial charge in [0.05, 0.1) is 48.8 Å². The molecule has 2 saturated heterocycles. The zero-order chi connectivity index (χ0) is 42.7. The van der Waals surface area contributed by atoms with E-state index in [1.54, 1.807) is 24.3 Å². The van der Waals surface area contributed by atoms with Crippen molar-refractivity contribution >= 4 is 11.9 Å². The molecular formula is C52H62O10. The van der Waals surface area contributed by atoms with Gasteiger partial charge in [-0.1, -0.05) is 60.7 Å². The van der Waals surface area contributed by atoms with Crippen LogP contribution in [0, 0.1) is 25.7 Å². The molecule has 0 spiro atoms. The van der Waals surface area contributed by atoms with Crippen LogP contribution in [0.2, 0.25) is 0 Å². The third-order valence-electron chi connectivity index (χ3n) is 12.6. The number of fused-ring (bicyclic) bond motifs is 2. The third kappa shape index (κ3) is 12.2. The molecule has 0 bridgehead atoms. The van der Waals surface area contributed by atoms with Crippen LogP contribution >= 0.6 is 0 Å². The molecule has 62 heavy (non-hydrogen) atoms. The smallest absolute Gasteiger partial charge is 0.338 e. The highest BCUT2D eigenvalue weighted by molar-refractivity contribution is 5.91. The van der Waals surface area contributed by atoms with E-state index in [0.29, 0.717) is 83.2 Å². The SMILES string of the molecule is Cc1cc(C(=O)OC(c2ccccc2)C(OC(=O)c2ccc(OCCCCOCC3CCC4OC4C3)c(C)c2)c2ccccc2)ccc1OCCCCOCC1CCC2OC2C1. The van der Waals surface area contributed by atoms with Crippen LogP contribution in [0.4, 0.5) is 0 Å². The standard InChI is InChI=1S/C52H62O10/c1-35-29-41(19-23-43(35)57-27-11-9-25-55-33-37-17-21-45-47(31-37)59-45)51(53)61-49(39-13-5-3-6-14-39)50(40-15-7-4-8-16-40)62-52(54)42-20-24-44(36(2)30-42)58-28-12-10-26-56-34-38-18-22-46-48(32-38)60-46/h3-8,13-16,19-20,23-24,29-30,37-38,45-50H,9-12,17-18,21-22,25-28,31-34H2,1-2H3. The van der Waals surface area contributed by atoms with Crippen LogP contribution in [-0.2, 0) is 28.4 Å². The lowest BCUT2D eigenvalue weighted by molar-refractivity contribution is -0.0388. The van der Waals surface area contributed by atoms with Crippen LogP contribution in [0.5, 0.6) is 11.5 Å². The highest BCUT2D eigenvalue weighted by Gasteiger charge is 2.44. The minimum atomic E-state index is -0.944. The molecule has 8 unspecified atom stereocenters. The second-order valence-corrected chi connectivity index (χ2v) is 17.5. The molecule has 10 nitrogen and oxygen atoms in total. The molecule has 2 heterocycles. The van der Waals surface area contributed by atoms with Crippen molar-refractivity contribution in [1.82, 2.24) is 0 Å². The van der Waals surface area contributed by atoms with Crippen molar-refractivity contribution in [3.63, 3.8) is 0 Å². The zero-order valence-electron chi connectivity index (χ0n) is 36.3. The van der Waals surface area contributed by atoms with Crippen LogP contribution in [-0.4, -0.2) is 76.0 Å². The number of aryl methyl sites for hydroxylation is 2. The van der Waals surface area contributed by atoms with Crippen molar-refractivity contribution < 1.29 is 47.5 Å². The van der Waals surface area contributed by atoms with Crippen molar-refractivity contribution in [2.75, 3.05) is 39.6 Å². The van der Waals surface area contributed by atoms with Gasteiger partial charge >= 0.3 is 11.9 Å². The Morgan fingerprint density at radius 3 is 1.35 bits per heavy atom. The average Bonchev–Trinajstić information content (AvgIpc) is 4.24. The van der Waals surface area contributed by atoms with Crippen molar-refractivity contribution in [3.05, 3.63) is 130 Å². The summed E-state index contributed by atoms with van der Waals surface area (Å²) in [5.41, 5.74) is 3.78. The lowest BCUT2D eigenvalue weighted by Gasteiger charge is -2.28. The van der Waals surface area contributed by atoms with Crippen LogP contribution < -0.4 is 9.47 Å². The number of rotatable bonds is 23. The predicted octanol–water partition coefficient (Wildman–Crippen LogP) is 10.3. The van der Waals surface area contributed by atoms with E-state index in [4.69, 9.17) is 37.9 Å². The predicted molar refractivity (Wildman–Crippen MR) is 235 cm³/mol. The zero-order valence-corrected chi connectivity index (χ0v) is 36.3. The molecule has 4 aromatic rings. The maximum atomic E-state index is 13.9. The fourth-order valence-electron chi connectivity index (χ4n) is 8.89. The number of esters is 2. The fraction of sp³-hybridized carbons (Fsp3) is 0.500. The molecule has 10 heteroatoms. The number of hydrogen-bond acceptors (Lipinski definition) is 10. The van der Waals surface area contributed by atoms with Gasteiger partial charge in [0.1, 0.15) is 11.5 Å². The van der Waals surface area contributed by atoms with E-state index in [1.165, 1.54) is 25.7 Å². The number of unbranched alkanes of at least 4 members (excludes halogenated alkanes) is 2. The van der Waals surface area contributed by atoms with E-state index in [-0.39, 0.29) is 0 Å². The summed E-state index contributed by atoms with van der Waals surface area (Å²) in [5, 5.41) is 0. The lowest BCUT2D eigenvalue weighted by atomic mass is 9.90. The van der Waals surface area contributed by atoms with Crippen LogP contribution in [0.1, 0.15) is 119 Å². The molecule has 4 fully saturated rings. The van der Waals surface area contributed by atoms with Gasteiger partial charge in [-0.05, 0) is 149 Å². The Balaban J connectivity index is 0.839. The number of carbonyl (C=O) groups is 2. The van der Waals surface area contributed by atoms with Gasteiger partial charge < -0.3 is 37.9 Å². The molecular weight excluding hydrogens is 785 g/mol. The number of hydrogen-bond donors (Lipinski definition) is 0. The minimum Gasteiger partial charge on any atom is -0.493 e. The maximum absolute atomic E-state index is 13.9. The Morgan fingerprint density at radius 1 is 0.532 bits per heavy atom. The highest BCUT2D eigenvalue weighted by Crippen LogP contribution is 2.41. The van der Waals surface area contributed by atoms with E-state index >= 15 is 0 Å². The van der Waals surface area contributed by atoms with Gasteiger partial charge in [-0.3, -0.25) is 0 Å². The molecule has 330 valence electrons. The Morgan fingerprint density at radius 2 is 0.952 bits per heavy atom. The minimum absolute atomic E-state index is 0.373. The van der Waals surface area contributed by atoms with Crippen molar-refractivity contribution in [3.8, 4) is 11.5 Å². The van der Waals surface area contributed by atoms with Crippen molar-refractivity contribution in [2.24, 2.45) is 11.8 Å². The second-order valence-electron chi connectivity index (χ2n) is 17.5. The molecule has 4 aromatic carbocycles. The Bertz CT molecular complexity index is 1910. The van der Waals surface area contributed by atoms with Gasteiger partial charge in [-0.15, -0.1) is 0 Å². The summed E-state index contributed by atoms with van der Waals surface area (Å²) in [4.78, 5) is 27.9. The van der Waals surface area contributed by atoms with Crippen molar-refractivity contribution in [1.29, 1.82) is 0 Å². The first-order chi connectivity index (χ1) is 30.4. The molecule has 8 atom stereocenters. The Kier molecular flexibility index (Phi) is 15.3. The van der Waals surface area contributed by atoms with Crippen LogP contribution in [0.15, 0.2) is 97.1 Å². The molecule has 0 N–H and O–H groups in total. The van der Waals surface area contributed by atoms with Gasteiger partial charge in [0.2, 0.25) is 0 Å². The summed E-state index contributed by atoms with van der Waals surface area (Å²) in [6.07, 6.45) is 10.7. The van der Waals surface area contributed by atoms with E-state index in [0.717, 1.165) is 76.1 Å². The first kappa shape index (κ1) is 43.9. The molecule has 0 radical (unpaired) electrons. The van der Waals surface area contributed by atoms with E-state index in [2.05, 4.69) is 0 Å². The summed E-state index contributed by atoms with van der Waals surface area (Å²) in [6.45, 7) is 8.00. The van der Waals surface area contributed by atoms with E-state index in [1.807, 2.05) is 86.6 Å². The molecule has 8 rings (SSSR count). The van der Waals surface area contributed by atoms with Gasteiger partial charge in [0.25, 0.3) is 0 Å². The van der Waals surface area contributed by atoms with Gasteiger partial charge in [0.15, 0.2) is 12.2 Å². The largest absolute Gasteiger partial charge is 0.493 e. The Hall–Kier alpha value is -4.74. The van der Waals surface area contributed by atoms with Crippen LogP contribution in [0.25, 0.3) is 0 Å². The number of epoxide rings is 2. The molecule has 2 aliphatic heterocycles. The number of ether oxygens (including phenoxy) is 8. The number of carbonyl (C=O) groups excluding carboxylic acids is 2. The average molecular weight is 847 g/mol. The van der Waals surface area contributed by atoms with Gasteiger partial charge in [-0.2, -0.15) is 0 Å². The lowest BCUT2D eigenvalue weighted by Crippen LogP contribution is -2.23. The van der Waals surface area contributed by atoms with Crippen molar-refractivity contribution in [2.45, 2.75) is 115 Å². The summed E-state index contributed by atoms with van der Waals surface area (Å²) >= 11 is 0. The normalized spacial score (nSPS) is 23.3. The summed E-state index contributed by atoms with van der Waals surface area (Å²) < 4.78 is 48.0. The molecule has 0 aromatic heterocycles. The number of benzene rings is 4. The third-order valence-corrected chi connectivity index (χ3v) is 12.6. The monoisotopic (exact) mass is 846 g/mol. The summed E-state index contributed by atoms with van der Waals surface area (Å²) in [5.74, 6) is 1.58. The maximum Gasteiger partial charge on any atom is 0.338 e. The second kappa shape index (κ2) is 21.6. The van der Waals surface area contributed by atoms with Gasteiger partial charge in [0, 0.05) is 26.4 Å². The molecule has 4 aliphatic rings. The first-order valence-corrected chi connectivity index (χ1v) is 22.8. The summed E-state index contributed by atoms with van der Waals surface area (Å²) in [6, 6.07) is 29.4. The van der Waals surface area contributed by atoms with E-state index < -0.39 is 24.1 Å².